The van der Waals surface area contributed by atoms with Crippen LogP contribution in [-0.4, -0.2) is 23.3 Å². The zero-order chi connectivity index (χ0) is 30.2. The van der Waals surface area contributed by atoms with E-state index in [2.05, 4.69) is 53.7 Å². The molecule has 0 aliphatic heterocycles. The second-order valence-electron chi connectivity index (χ2n) is 11.6. The van der Waals surface area contributed by atoms with Crippen LogP contribution >= 0.6 is 0 Å². The number of esters is 1. The number of nitrogens with zero attached hydrogens (tertiary/aromatic N) is 1. The third-order valence-corrected chi connectivity index (χ3v) is 7.99. The zero-order valence-corrected chi connectivity index (χ0v) is 24.9. The van der Waals surface area contributed by atoms with Gasteiger partial charge in [-0.15, -0.1) is 0 Å². The van der Waals surface area contributed by atoms with Crippen molar-refractivity contribution < 1.29 is 24.0 Å². The van der Waals surface area contributed by atoms with Crippen LogP contribution in [0.3, 0.4) is 0 Å². The van der Waals surface area contributed by atoms with Gasteiger partial charge in [-0.1, -0.05) is 84.0 Å². The Hall–Kier alpha value is -4.00. The van der Waals surface area contributed by atoms with Crippen LogP contribution in [0.25, 0.3) is 0 Å². The lowest BCUT2D eigenvalue weighted by molar-refractivity contribution is -0.384. The summed E-state index contributed by atoms with van der Waals surface area (Å²) >= 11 is 0. The summed E-state index contributed by atoms with van der Waals surface area (Å²) in [4.78, 5) is 36.7. The van der Waals surface area contributed by atoms with E-state index in [9.17, 15) is 19.7 Å². The molecule has 0 amide bonds. The minimum atomic E-state index is -1.21. The maximum absolute atomic E-state index is 13.3. The Labute approximate surface area is 243 Å². The highest BCUT2D eigenvalue weighted by Gasteiger charge is 2.28. The molecule has 7 heteroatoms. The van der Waals surface area contributed by atoms with Crippen LogP contribution < -0.4 is 4.74 Å². The van der Waals surface area contributed by atoms with E-state index in [0.717, 1.165) is 24.2 Å². The van der Waals surface area contributed by atoms with E-state index < -0.39 is 22.8 Å². The Morgan fingerprint density at radius 3 is 2.10 bits per heavy atom. The van der Waals surface area contributed by atoms with Gasteiger partial charge in [-0.2, -0.15) is 0 Å². The number of carbonyl (C=O) groups excluding carboxylic acids is 2. The molecule has 0 bridgehead atoms. The third-order valence-electron chi connectivity index (χ3n) is 7.99. The monoisotopic (exact) mass is 559 g/mol. The fourth-order valence-corrected chi connectivity index (χ4v) is 4.39. The van der Waals surface area contributed by atoms with Crippen molar-refractivity contribution in [1.82, 2.24) is 0 Å². The minimum Gasteiger partial charge on any atom is -0.493 e. The molecule has 3 aromatic rings. The van der Waals surface area contributed by atoms with Crippen molar-refractivity contribution in [2.24, 2.45) is 0 Å². The number of hydrogen-bond acceptors (Lipinski definition) is 6. The van der Waals surface area contributed by atoms with Gasteiger partial charge in [0.2, 0.25) is 5.78 Å². The van der Waals surface area contributed by atoms with Gasteiger partial charge in [0, 0.05) is 35.2 Å². The van der Waals surface area contributed by atoms with Crippen LogP contribution in [0.1, 0.15) is 100 Å². The van der Waals surface area contributed by atoms with Gasteiger partial charge < -0.3 is 9.47 Å². The number of rotatable bonds is 14. The van der Waals surface area contributed by atoms with E-state index in [0.29, 0.717) is 24.2 Å². The van der Waals surface area contributed by atoms with E-state index in [1.165, 1.54) is 29.8 Å². The van der Waals surface area contributed by atoms with Gasteiger partial charge in [-0.3, -0.25) is 19.7 Å². The predicted molar refractivity (Wildman–Crippen MR) is 161 cm³/mol. The molecular weight excluding hydrogens is 518 g/mol. The summed E-state index contributed by atoms with van der Waals surface area (Å²) in [7, 11) is 0. The smallest absolute Gasteiger partial charge is 0.306 e. The largest absolute Gasteiger partial charge is 0.493 e. The standard InChI is InChI=1S/C34H41NO6/c1-7-33(3,4)26-18-21-29(28(23-26)34(5,6)8-2)40-22-12-15-30(36)41-32(31(37)24-13-10-9-11-14-24)25-16-19-27(20-17-25)35(38)39/h9-11,13-14,16-21,23,32H,7-8,12,15,22H2,1-6H3/t32-/m1/s1. The molecule has 0 saturated heterocycles. The molecule has 0 N–H and O–H groups in total. The highest BCUT2D eigenvalue weighted by Crippen LogP contribution is 2.38. The first-order valence-corrected chi connectivity index (χ1v) is 14.2. The van der Waals surface area contributed by atoms with E-state index >= 15 is 0 Å². The number of ketones is 1. The second-order valence-corrected chi connectivity index (χ2v) is 11.6. The van der Waals surface area contributed by atoms with Gasteiger partial charge in [-0.25, -0.2) is 0 Å². The number of ether oxygens (including phenoxy) is 2. The maximum atomic E-state index is 13.3. The molecule has 0 unspecified atom stereocenters. The summed E-state index contributed by atoms with van der Waals surface area (Å²) in [6.45, 7) is 13.6. The number of nitro benzene ring substituents is 1. The lowest BCUT2D eigenvalue weighted by atomic mass is 9.76. The molecular formula is C34H41NO6. The first-order chi connectivity index (χ1) is 19.4. The van der Waals surface area contributed by atoms with E-state index in [1.54, 1.807) is 30.3 Å². The SMILES string of the molecule is CCC(C)(C)c1ccc(OCCCC(=O)O[C@@H](C(=O)c2ccccc2)c2ccc([N+](=O)[O-])cc2)c(C(C)(C)CC)c1. The first-order valence-electron chi connectivity index (χ1n) is 14.2. The van der Waals surface area contributed by atoms with Crippen molar-refractivity contribution >= 4 is 17.4 Å². The quantitative estimate of drug-likeness (QED) is 0.0648. The summed E-state index contributed by atoms with van der Waals surface area (Å²) in [5, 5.41) is 11.1. The molecule has 3 aromatic carbocycles. The molecule has 0 fully saturated rings. The molecule has 0 aliphatic rings. The van der Waals surface area contributed by atoms with Gasteiger partial charge in [0.15, 0.2) is 6.10 Å². The van der Waals surface area contributed by atoms with Gasteiger partial charge in [0.1, 0.15) is 5.75 Å². The van der Waals surface area contributed by atoms with E-state index in [1.807, 2.05) is 6.07 Å². The molecule has 0 saturated carbocycles. The highest BCUT2D eigenvalue weighted by atomic mass is 16.6. The Kier molecular flexibility index (Phi) is 10.4. The molecule has 3 rings (SSSR count). The van der Waals surface area contributed by atoms with E-state index in [4.69, 9.17) is 9.47 Å². The van der Waals surface area contributed by atoms with Crippen molar-refractivity contribution in [2.75, 3.05) is 6.61 Å². The van der Waals surface area contributed by atoms with Crippen molar-refractivity contribution in [2.45, 2.75) is 84.2 Å². The van der Waals surface area contributed by atoms with Gasteiger partial charge in [0.25, 0.3) is 5.69 Å². The predicted octanol–water partition coefficient (Wildman–Crippen LogP) is 8.30. The normalized spacial score (nSPS) is 12.4. The molecule has 41 heavy (non-hydrogen) atoms. The Morgan fingerprint density at radius 1 is 0.878 bits per heavy atom. The zero-order valence-electron chi connectivity index (χ0n) is 24.9. The van der Waals surface area contributed by atoms with Crippen LogP contribution in [0.5, 0.6) is 5.75 Å². The maximum Gasteiger partial charge on any atom is 0.306 e. The van der Waals surface area contributed by atoms with Crippen LogP contribution in [0.4, 0.5) is 5.69 Å². The van der Waals surface area contributed by atoms with Crippen molar-refractivity contribution in [3.8, 4) is 5.75 Å². The number of Topliss-reactive ketones (excluding diaryl/α,β-unsaturated/α-hetero) is 1. The summed E-state index contributed by atoms with van der Waals surface area (Å²) in [5.41, 5.74) is 3.03. The van der Waals surface area contributed by atoms with Gasteiger partial charge in [-0.05, 0) is 53.9 Å². The summed E-state index contributed by atoms with van der Waals surface area (Å²) < 4.78 is 11.8. The fourth-order valence-electron chi connectivity index (χ4n) is 4.39. The van der Waals surface area contributed by atoms with E-state index in [-0.39, 0.29) is 22.9 Å². The molecule has 1 atom stereocenters. The summed E-state index contributed by atoms with van der Waals surface area (Å²) in [6, 6.07) is 20.4. The summed E-state index contributed by atoms with van der Waals surface area (Å²) in [5.74, 6) is -0.134. The Bertz CT molecular complexity index is 1350. The average molecular weight is 560 g/mol. The first kappa shape index (κ1) is 31.5. The Morgan fingerprint density at radius 2 is 1.51 bits per heavy atom. The van der Waals surface area contributed by atoms with Gasteiger partial charge in [0.05, 0.1) is 11.5 Å². The van der Waals surface area contributed by atoms with Crippen LogP contribution in [0.2, 0.25) is 0 Å². The number of carbonyl (C=O) groups is 2. The lowest BCUT2D eigenvalue weighted by Crippen LogP contribution is -2.22. The van der Waals surface area contributed by atoms with Crippen molar-refractivity contribution in [3.63, 3.8) is 0 Å². The lowest BCUT2D eigenvalue weighted by Gasteiger charge is -2.30. The molecule has 218 valence electrons. The number of hydrogen-bond donors (Lipinski definition) is 0. The molecule has 0 spiro atoms. The van der Waals surface area contributed by atoms with Gasteiger partial charge >= 0.3 is 5.97 Å². The van der Waals surface area contributed by atoms with Crippen molar-refractivity contribution in [1.29, 1.82) is 0 Å². The fraction of sp³-hybridized carbons (Fsp3) is 0.412. The van der Waals surface area contributed by atoms with Crippen LogP contribution in [-0.2, 0) is 20.4 Å². The number of non-ortho nitro benzene ring substituents is 1. The molecule has 0 aromatic heterocycles. The highest BCUT2D eigenvalue weighted by molar-refractivity contribution is 6.01. The third kappa shape index (κ3) is 8.03. The molecule has 7 nitrogen and oxygen atoms in total. The minimum absolute atomic E-state index is 0.0538. The Balaban J connectivity index is 1.70. The topological polar surface area (TPSA) is 95.7 Å². The summed E-state index contributed by atoms with van der Waals surface area (Å²) in [6.07, 6.45) is 1.22. The average Bonchev–Trinajstić information content (AvgIpc) is 2.98. The second kappa shape index (κ2) is 13.6. The van der Waals surface area contributed by atoms with Crippen LogP contribution in [0.15, 0.2) is 72.8 Å². The molecule has 0 radical (unpaired) electrons. The molecule has 0 aliphatic carbocycles. The molecule has 0 heterocycles. The van der Waals surface area contributed by atoms with Crippen LogP contribution in [0, 0.1) is 10.1 Å². The van der Waals surface area contributed by atoms with Crippen molar-refractivity contribution in [3.05, 3.63) is 105 Å². The number of benzene rings is 3. The number of nitro groups is 1.